The number of benzene rings is 1. The van der Waals surface area contributed by atoms with Crippen LogP contribution < -0.4 is 5.73 Å². The van der Waals surface area contributed by atoms with Crippen molar-refractivity contribution in [1.82, 2.24) is 0 Å². The Morgan fingerprint density at radius 3 is 2.65 bits per heavy atom. The normalized spacial score (nSPS) is 38.1. The first-order valence-corrected chi connectivity index (χ1v) is 7.40. The summed E-state index contributed by atoms with van der Waals surface area (Å²) in [6.07, 6.45) is -1.01. The van der Waals surface area contributed by atoms with Crippen LogP contribution >= 0.6 is 11.6 Å². The number of aliphatic carboxylic acids is 2. The zero-order valence-corrected chi connectivity index (χ0v) is 12.7. The Hall–Kier alpha value is -1.70. The van der Waals surface area contributed by atoms with E-state index in [4.69, 9.17) is 27.2 Å². The molecule has 8 heteroatoms. The fourth-order valence-electron chi connectivity index (χ4n) is 3.63. The highest BCUT2D eigenvalue weighted by Crippen LogP contribution is 2.67. The second-order valence-electron chi connectivity index (χ2n) is 6.06. The van der Waals surface area contributed by atoms with Gasteiger partial charge >= 0.3 is 11.9 Å². The van der Waals surface area contributed by atoms with Gasteiger partial charge in [-0.15, -0.1) is 0 Å². The third-order valence-electron chi connectivity index (χ3n) is 4.84. The summed E-state index contributed by atoms with van der Waals surface area (Å²) in [5.74, 6) is -5.35. The molecule has 4 N–H and O–H groups in total. The number of carbonyl (C=O) groups is 2. The second kappa shape index (κ2) is 5.15. The summed E-state index contributed by atoms with van der Waals surface area (Å²) in [4.78, 5) is 22.6. The Morgan fingerprint density at radius 2 is 2.09 bits per heavy atom. The minimum absolute atomic E-state index is 0.0448. The molecule has 2 saturated carbocycles. The van der Waals surface area contributed by atoms with Gasteiger partial charge in [0.2, 0.25) is 5.67 Å². The monoisotopic (exact) mass is 343 g/mol. The molecule has 2 fully saturated rings. The fourth-order valence-corrected chi connectivity index (χ4v) is 3.84. The van der Waals surface area contributed by atoms with Gasteiger partial charge in [-0.25, -0.2) is 9.18 Å². The fraction of sp³-hybridized carbons (Fsp3) is 0.467. The van der Waals surface area contributed by atoms with E-state index in [0.717, 1.165) is 5.56 Å². The molecule has 5 atom stereocenters. The van der Waals surface area contributed by atoms with Crippen molar-refractivity contribution in [2.75, 3.05) is 0 Å². The van der Waals surface area contributed by atoms with Crippen LogP contribution in [0.5, 0.6) is 0 Å². The quantitative estimate of drug-likeness (QED) is 0.746. The van der Waals surface area contributed by atoms with Crippen LogP contribution in [0.4, 0.5) is 4.39 Å². The van der Waals surface area contributed by atoms with Crippen molar-refractivity contribution in [1.29, 1.82) is 0 Å². The molecule has 0 aromatic heterocycles. The number of halogens is 2. The molecule has 0 bridgehead atoms. The van der Waals surface area contributed by atoms with E-state index < -0.39 is 41.1 Å². The average Bonchev–Trinajstić information content (AvgIpc) is 2.95. The Bertz CT molecular complexity index is 686. The summed E-state index contributed by atoms with van der Waals surface area (Å²) in [5.41, 5.74) is 1.96. The predicted octanol–water partition coefficient (Wildman–Crippen LogP) is 1.45. The van der Waals surface area contributed by atoms with E-state index in [2.05, 4.69) is 0 Å². The molecule has 0 radical (unpaired) electrons. The van der Waals surface area contributed by atoms with Gasteiger partial charge in [-0.05, 0) is 24.1 Å². The van der Waals surface area contributed by atoms with Gasteiger partial charge in [-0.1, -0.05) is 23.7 Å². The van der Waals surface area contributed by atoms with Crippen LogP contribution in [0.15, 0.2) is 24.3 Å². The molecule has 0 spiro atoms. The molecule has 23 heavy (non-hydrogen) atoms. The van der Waals surface area contributed by atoms with Gasteiger partial charge in [0.25, 0.3) is 0 Å². The molecule has 0 aliphatic heterocycles. The van der Waals surface area contributed by atoms with Crippen molar-refractivity contribution in [2.24, 2.45) is 17.6 Å². The molecule has 0 saturated heterocycles. The largest absolute Gasteiger partial charge is 0.480 e. The summed E-state index contributed by atoms with van der Waals surface area (Å²) in [5, 5.41) is 18.9. The number of alkyl halides is 1. The Kier molecular flexibility index (Phi) is 3.62. The Labute approximate surface area is 136 Å². The number of nitrogens with two attached hydrogens (primary N) is 1. The maximum Gasteiger partial charge on any atom is 0.342 e. The van der Waals surface area contributed by atoms with Crippen molar-refractivity contribution in [3.05, 3.63) is 34.9 Å². The van der Waals surface area contributed by atoms with Gasteiger partial charge in [-0.2, -0.15) is 0 Å². The van der Waals surface area contributed by atoms with E-state index in [1.165, 1.54) is 0 Å². The van der Waals surface area contributed by atoms with Crippen molar-refractivity contribution >= 4 is 23.5 Å². The van der Waals surface area contributed by atoms with Gasteiger partial charge in [0, 0.05) is 16.9 Å². The lowest BCUT2D eigenvalue weighted by Crippen LogP contribution is -2.60. The number of ether oxygens (including phenoxy) is 1. The highest BCUT2D eigenvalue weighted by atomic mass is 35.5. The SMILES string of the molecule is N[C@]1(C(=O)O)[C@H]2[C@@H](C[C@H]1OCc1cccc(Cl)c1)[C@]2(F)C(=O)O. The van der Waals surface area contributed by atoms with Crippen LogP contribution in [-0.4, -0.2) is 39.5 Å². The minimum Gasteiger partial charge on any atom is -0.480 e. The molecule has 1 aromatic carbocycles. The maximum absolute atomic E-state index is 14.4. The highest BCUT2D eigenvalue weighted by molar-refractivity contribution is 6.30. The highest BCUT2D eigenvalue weighted by Gasteiger charge is 2.85. The number of rotatable bonds is 5. The molecule has 6 nitrogen and oxygen atoms in total. The average molecular weight is 344 g/mol. The molecule has 0 unspecified atom stereocenters. The standard InChI is InChI=1S/C15H15ClFNO5/c16-8-3-1-2-7(4-8)6-23-10-5-9-11(14(9,17)12(19)20)15(10,18)13(21)22/h1-4,9-11H,5-6,18H2,(H,19,20)(H,21,22)/t9-,10-,11+,14-,15+/m1/s1. The molecule has 0 amide bonds. The zero-order chi connectivity index (χ0) is 17.0. The molecular formula is C15H15ClFNO5. The Balaban J connectivity index is 1.77. The van der Waals surface area contributed by atoms with Gasteiger partial charge in [0.1, 0.15) is 5.54 Å². The molecule has 3 rings (SSSR count). The van der Waals surface area contributed by atoms with E-state index in [1.807, 2.05) is 0 Å². The van der Waals surface area contributed by atoms with Gasteiger partial charge in [-0.3, -0.25) is 4.79 Å². The van der Waals surface area contributed by atoms with Crippen molar-refractivity contribution in [2.45, 2.75) is 30.3 Å². The van der Waals surface area contributed by atoms with E-state index >= 15 is 0 Å². The Morgan fingerprint density at radius 1 is 1.39 bits per heavy atom. The van der Waals surface area contributed by atoms with E-state index in [-0.39, 0.29) is 13.0 Å². The van der Waals surface area contributed by atoms with E-state index in [1.54, 1.807) is 24.3 Å². The molecule has 124 valence electrons. The lowest BCUT2D eigenvalue weighted by atomic mass is 9.88. The van der Waals surface area contributed by atoms with Gasteiger partial charge in [0.15, 0.2) is 0 Å². The molecule has 2 aliphatic carbocycles. The number of fused-ring (bicyclic) bond motifs is 1. The lowest BCUT2D eigenvalue weighted by Gasteiger charge is -2.31. The number of carboxylic acids is 2. The maximum atomic E-state index is 14.4. The van der Waals surface area contributed by atoms with Crippen LogP contribution in [0, 0.1) is 11.8 Å². The first-order valence-electron chi connectivity index (χ1n) is 7.03. The van der Waals surface area contributed by atoms with Crippen LogP contribution in [0.1, 0.15) is 12.0 Å². The third kappa shape index (κ3) is 2.22. The minimum atomic E-state index is -2.58. The first-order chi connectivity index (χ1) is 10.7. The second-order valence-corrected chi connectivity index (χ2v) is 6.50. The first kappa shape index (κ1) is 16.2. The van der Waals surface area contributed by atoms with E-state index in [0.29, 0.717) is 5.02 Å². The topological polar surface area (TPSA) is 110 Å². The molecule has 1 aromatic rings. The van der Waals surface area contributed by atoms with Crippen molar-refractivity contribution in [3.63, 3.8) is 0 Å². The number of hydrogen-bond acceptors (Lipinski definition) is 4. The van der Waals surface area contributed by atoms with Crippen LogP contribution in [0.2, 0.25) is 5.02 Å². The molecule has 0 heterocycles. The van der Waals surface area contributed by atoms with Crippen LogP contribution in [-0.2, 0) is 20.9 Å². The van der Waals surface area contributed by atoms with Crippen molar-refractivity contribution in [3.8, 4) is 0 Å². The molecular weight excluding hydrogens is 329 g/mol. The predicted molar refractivity (Wildman–Crippen MR) is 77.7 cm³/mol. The van der Waals surface area contributed by atoms with Gasteiger partial charge in [0.05, 0.1) is 12.7 Å². The van der Waals surface area contributed by atoms with Crippen molar-refractivity contribution < 1.29 is 28.9 Å². The third-order valence-corrected chi connectivity index (χ3v) is 5.07. The summed E-state index contributed by atoms with van der Waals surface area (Å²) in [7, 11) is 0. The van der Waals surface area contributed by atoms with Crippen LogP contribution in [0.3, 0.4) is 0 Å². The number of hydrogen-bond donors (Lipinski definition) is 3. The summed E-state index contributed by atoms with van der Waals surface area (Å²) >= 11 is 5.86. The summed E-state index contributed by atoms with van der Waals surface area (Å²) in [6, 6.07) is 6.81. The number of carboxylic acid groups (broad SMARTS) is 2. The zero-order valence-electron chi connectivity index (χ0n) is 11.9. The van der Waals surface area contributed by atoms with Gasteiger partial charge < -0.3 is 20.7 Å². The smallest absolute Gasteiger partial charge is 0.342 e. The summed E-state index contributed by atoms with van der Waals surface area (Å²) < 4.78 is 19.9. The van der Waals surface area contributed by atoms with Crippen LogP contribution in [0.25, 0.3) is 0 Å². The molecule has 2 aliphatic rings. The summed E-state index contributed by atoms with van der Waals surface area (Å²) in [6.45, 7) is 0.0588. The lowest BCUT2D eigenvalue weighted by molar-refractivity contribution is -0.156. The van der Waals surface area contributed by atoms with E-state index in [9.17, 15) is 19.1 Å².